The first-order valence-corrected chi connectivity index (χ1v) is 9.88. The Balaban J connectivity index is 1.88. The largest absolute Gasteiger partial charge is 0.496 e. The van der Waals surface area contributed by atoms with Crippen LogP contribution in [0.25, 0.3) is 22.0 Å². The standard InChI is InChI=1S/C21H23N3O3S/c1-12(2)19(22-13(3)25)20(26)24-21-23-17(11-28-21)15-9-10-18(27-4)16-8-6-5-7-14(15)16/h5-12,19H,1-4H3,(H,22,25)(H,23,24,26). The number of amides is 2. The monoisotopic (exact) mass is 397 g/mol. The van der Waals surface area contributed by atoms with E-state index in [1.165, 1.54) is 18.3 Å². The fraction of sp³-hybridized carbons (Fsp3) is 0.286. The van der Waals surface area contributed by atoms with Crippen LogP contribution in [0.5, 0.6) is 5.75 Å². The number of methoxy groups -OCH3 is 1. The maximum Gasteiger partial charge on any atom is 0.248 e. The van der Waals surface area contributed by atoms with Crippen molar-refractivity contribution in [1.82, 2.24) is 10.3 Å². The highest BCUT2D eigenvalue weighted by Gasteiger charge is 2.24. The molecule has 1 heterocycles. The number of hydrogen-bond acceptors (Lipinski definition) is 5. The van der Waals surface area contributed by atoms with Crippen LogP contribution >= 0.6 is 11.3 Å². The Labute approximate surface area is 167 Å². The van der Waals surface area contributed by atoms with Gasteiger partial charge in [0.15, 0.2) is 5.13 Å². The molecule has 2 aromatic carbocycles. The number of aromatic nitrogens is 1. The molecule has 1 atom stereocenters. The van der Waals surface area contributed by atoms with Crippen molar-refractivity contribution in [2.24, 2.45) is 5.92 Å². The van der Waals surface area contributed by atoms with Crippen LogP contribution in [-0.2, 0) is 9.59 Å². The summed E-state index contributed by atoms with van der Waals surface area (Å²) >= 11 is 1.35. The minimum Gasteiger partial charge on any atom is -0.496 e. The van der Waals surface area contributed by atoms with Gasteiger partial charge in [-0.15, -0.1) is 11.3 Å². The van der Waals surface area contributed by atoms with Crippen LogP contribution < -0.4 is 15.4 Å². The highest BCUT2D eigenvalue weighted by Crippen LogP contribution is 2.35. The Morgan fingerprint density at radius 1 is 1.11 bits per heavy atom. The fourth-order valence-electron chi connectivity index (χ4n) is 3.06. The second-order valence-corrected chi connectivity index (χ2v) is 7.67. The Kier molecular flexibility index (Phi) is 5.94. The van der Waals surface area contributed by atoms with Gasteiger partial charge >= 0.3 is 0 Å². The van der Waals surface area contributed by atoms with Gasteiger partial charge in [-0.2, -0.15) is 0 Å². The highest BCUT2D eigenvalue weighted by molar-refractivity contribution is 7.14. The van der Waals surface area contributed by atoms with Crippen molar-refractivity contribution >= 4 is 39.1 Å². The predicted molar refractivity (Wildman–Crippen MR) is 113 cm³/mol. The minimum absolute atomic E-state index is 0.0335. The number of carbonyl (C=O) groups is 2. The molecule has 6 nitrogen and oxygen atoms in total. The van der Waals surface area contributed by atoms with Crippen LogP contribution in [0, 0.1) is 5.92 Å². The average molecular weight is 398 g/mol. The number of nitrogens with one attached hydrogen (secondary N) is 2. The minimum atomic E-state index is -0.605. The molecule has 3 rings (SSSR count). The van der Waals surface area contributed by atoms with Crippen molar-refractivity contribution in [2.45, 2.75) is 26.8 Å². The third kappa shape index (κ3) is 4.14. The molecular formula is C21H23N3O3S. The van der Waals surface area contributed by atoms with Gasteiger partial charge in [-0.1, -0.05) is 38.1 Å². The smallest absolute Gasteiger partial charge is 0.248 e. The number of nitrogens with zero attached hydrogens (tertiary/aromatic N) is 1. The fourth-order valence-corrected chi connectivity index (χ4v) is 3.78. The van der Waals surface area contributed by atoms with E-state index in [4.69, 9.17) is 4.74 Å². The summed E-state index contributed by atoms with van der Waals surface area (Å²) in [5, 5.41) is 9.95. The molecule has 0 bridgehead atoms. The number of rotatable bonds is 6. The van der Waals surface area contributed by atoms with Crippen LogP contribution in [0.1, 0.15) is 20.8 Å². The summed E-state index contributed by atoms with van der Waals surface area (Å²) in [5.74, 6) is 0.260. The van der Waals surface area contributed by atoms with Gasteiger partial charge in [0.05, 0.1) is 12.8 Å². The summed E-state index contributed by atoms with van der Waals surface area (Å²) in [4.78, 5) is 28.5. The van der Waals surface area contributed by atoms with Gasteiger partial charge in [-0.25, -0.2) is 4.98 Å². The molecule has 0 spiro atoms. The first-order chi connectivity index (χ1) is 13.4. The maximum atomic E-state index is 12.6. The highest BCUT2D eigenvalue weighted by atomic mass is 32.1. The first-order valence-electron chi connectivity index (χ1n) is 9.00. The van der Waals surface area contributed by atoms with Gasteiger partial charge in [-0.05, 0) is 23.4 Å². The van der Waals surface area contributed by atoms with Crippen molar-refractivity contribution in [2.75, 3.05) is 12.4 Å². The third-order valence-corrected chi connectivity index (χ3v) is 5.18. The van der Waals surface area contributed by atoms with E-state index in [2.05, 4.69) is 15.6 Å². The van der Waals surface area contributed by atoms with E-state index in [0.29, 0.717) is 5.13 Å². The first kappa shape index (κ1) is 19.8. The van der Waals surface area contributed by atoms with Gasteiger partial charge in [0.2, 0.25) is 11.8 Å². The van der Waals surface area contributed by atoms with E-state index < -0.39 is 6.04 Å². The summed E-state index contributed by atoms with van der Waals surface area (Å²) in [6, 6.07) is 11.3. The van der Waals surface area contributed by atoms with Crippen LogP contribution in [-0.4, -0.2) is 29.9 Å². The molecule has 28 heavy (non-hydrogen) atoms. The SMILES string of the molecule is COc1ccc(-c2csc(NC(=O)C(NC(C)=O)C(C)C)n2)c2ccccc12. The Hall–Kier alpha value is -2.93. The van der Waals surface area contributed by atoms with E-state index in [9.17, 15) is 9.59 Å². The van der Waals surface area contributed by atoms with E-state index in [1.54, 1.807) is 7.11 Å². The summed E-state index contributed by atoms with van der Waals surface area (Å²) < 4.78 is 5.45. The molecule has 0 radical (unpaired) electrons. The molecule has 0 fully saturated rings. The lowest BCUT2D eigenvalue weighted by molar-refractivity contribution is -0.126. The van der Waals surface area contributed by atoms with E-state index >= 15 is 0 Å². The zero-order valence-electron chi connectivity index (χ0n) is 16.3. The van der Waals surface area contributed by atoms with Crippen molar-refractivity contribution in [1.29, 1.82) is 0 Å². The van der Waals surface area contributed by atoms with E-state index in [1.807, 2.05) is 55.6 Å². The van der Waals surface area contributed by atoms with Gasteiger partial charge in [-0.3, -0.25) is 9.59 Å². The van der Waals surface area contributed by atoms with E-state index in [-0.39, 0.29) is 17.7 Å². The summed E-state index contributed by atoms with van der Waals surface area (Å²) in [6.45, 7) is 5.17. The summed E-state index contributed by atoms with van der Waals surface area (Å²) in [6.07, 6.45) is 0. The van der Waals surface area contributed by atoms with Gasteiger partial charge < -0.3 is 15.4 Å². The van der Waals surface area contributed by atoms with Gasteiger partial charge in [0.25, 0.3) is 0 Å². The number of carbonyl (C=O) groups excluding carboxylic acids is 2. The number of hydrogen-bond donors (Lipinski definition) is 2. The number of thiazole rings is 1. The van der Waals surface area contributed by atoms with Crippen molar-refractivity contribution in [3.8, 4) is 17.0 Å². The van der Waals surface area contributed by atoms with Crippen LogP contribution in [0.15, 0.2) is 41.8 Å². The topological polar surface area (TPSA) is 80.3 Å². The molecule has 1 unspecified atom stereocenters. The summed E-state index contributed by atoms with van der Waals surface area (Å²) in [7, 11) is 1.65. The molecule has 3 aromatic rings. The normalized spacial score (nSPS) is 12.0. The molecule has 0 saturated heterocycles. The van der Waals surface area contributed by atoms with E-state index in [0.717, 1.165) is 27.8 Å². The zero-order valence-corrected chi connectivity index (χ0v) is 17.1. The number of anilines is 1. The molecule has 2 amide bonds. The molecule has 0 aliphatic heterocycles. The molecule has 7 heteroatoms. The molecule has 146 valence electrons. The molecular weight excluding hydrogens is 374 g/mol. The van der Waals surface area contributed by atoms with Gasteiger partial charge in [0, 0.05) is 23.3 Å². The molecule has 1 aromatic heterocycles. The lowest BCUT2D eigenvalue weighted by atomic mass is 10.0. The third-order valence-electron chi connectivity index (χ3n) is 4.42. The quantitative estimate of drug-likeness (QED) is 0.657. The number of ether oxygens (including phenoxy) is 1. The Morgan fingerprint density at radius 3 is 2.46 bits per heavy atom. The molecule has 0 saturated carbocycles. The molecule has 2 N–H and O–H groups in total. The number of fused-ring (bicyclic) bond motifs is 1. The van der Waals surface area contributed by atoms with Crippen molar-refractivity contribution in [3.63, 3.8) is 0 Å². The maximum absolute atomic E-state index is 12.6. The average Bonchev–Trinajstić information content (AvgIpc) is 3.12. The number of benzene rings is 2. The molecule has 0 aliphatic carbocycles. The zero-order chi connectivity index (χ0) is 20.3. The molecule has 0 aliphatic rings. The van der Waals surface area contributed by atoms with Crippen LogP contribution in [0.3, 0.4) is 0 Å². The Morgan fingerprint density at radius 2 is 1.82 bits per heavy atom. The Bertz CT molecular complexity index is 1010. The van der Waals surface area contributed by atoms with Crippen LogP contribution in [0.2, 0.25) is 0 Å². The summed E-state index contributed by atoms with van der Waals surface area (Å²) in [5.41, 5.74) is 1.75. The lowest BCUT2D eigenvalue weighted by Gasteiger charge is -2.20. The lowest BCUT2D eigenvalue weighted by Crippen LogP contribution is -2.46. The van der Waals surface area contributed by atoms with Crippen LogP contribution in [0.4, 0.5) is 5.13 Å². The second kappa shape index (κ2) is 8.39. The van der Waals surface area contributed by atoms with Gasteiger partial charge in [0.1, 0.15) is 11.8 Å². The van der Waals surface area contributed by atoms with Crippen molar-refractivity contribution < 1.29 is 14.3 Å². The predicted octanol–water partition coefficient (Wildman–Crippen LogP) is 4.07. The second-order valence-electron chi connectivity index (χ2n) is 6.81. The van der Waals surface area contributed by atoms with Crippen molar-refractivity contribution in [3.05, 3.63) is 41.8 Å².